The van der Waals surface area contributed by atoms with Crippen molar-refractivity contribution in [3.05, 3.63) is 100 Å². The summed E-state index contributed by atoms with van der Waals surface area (Å²) < 4.78 is 12.0. The highest BCUT2D eigenvalue weighted by atomic mass is 16.5. The molecule has 8 heteroatoms. The molecule has 38 heavy (non-hydrogen) atoms. The van der Waals surface area contributed by atoms with E-state index in [0.29, 0.717) is 40.6 Å². The molecule has 196 valence electrons. The first kappa shape index (κ1) is 26.5. The third-order valence-corrected chi connectivity index (χ3v) is 6.05. The van der Waals surface area contributed by atoms with Gasteiger partial charge in [0.05, 0.1) is 32.1 Å². The van der Waals surface area contributed by atoms with Crippen molar-refractivity contribution in [1.29, 1.82) is 0 Å². The summed E-state index contributed by atoms with van der Waals surface area (Å²) in [4.78, 5) is 42.5. The van der Waals surface area contributed by atoms with Crippen LogP contribution in [0.5, 0.6) is 11.5 Å². The number of H-pyrrole nitrogens is 1. The van der Waals surface area contributed by atoms with Crippen molar-refractivity contribution in [1.82, 2.24) is 14.7 Å². The maximum atomic E-state index is 13.8. The van der Waals surface area contributed by atoms with E-state index in [0.717, 1.165) is 0 Å². The van der Waals surface area contributed by atoms with E-state index in [1.807, 2.05) is 62.4 Å². The number of amides is 1. The average Bonchev–Trinajstić information content (AvgIpc) is 3.29. The van der Waals surface area contributed by atoms with Crippen LogP contribution in [0.1, 0.15) is 34.6 Å². The van der Waals surface area contributed by atoms with Gasteiger partial charge in [0.25, 0.3) is 11.5 Å². The number of methoxy groups -OCH3 is 2. The summed E-state index contributed by atoms with van der Waals surface area (Å²) in [5.74, 6) is 0.200. The summed E-state index contributed by atoms with van der Waals surface area (Å²) in [6.45, 7) is 3.98. The lowest BCUT2D eigenvalue weighted by Gasteiger charge is -2.24. The lowest BCUT2D eigenvalue weighted by atomic mass is 10.0. The minimum atomic E-state index is -0.472. The Bertz CT molecular complexity index is 1450. The summed E-state index contributed by atoms with van der Waals surface area (Å²) in [5, 5.41) is 3.12. The van der Waals surface area contributed by atoms with Crippen LogP contribution in [0.3, 0.4) is 0 Å². The van der Waals surface area contributed by atoms with E-state index < -0.39 is 11.3 Å². The number of benzene rings is 3. The highest BCUT2D eigenvalue weighted by molar-refractivity contribution is 6.05. The first-order valence-corrected chi connectivity index (χ1v) is 12.3. The molecule has 0 radical (unpaired) electrons. The summed E-state index contributed by atoms with van der Waals surface area (Å²) in [7, 11) is 3.01. The summed E-state index contributed by atoms with van der Waals surface area (Å²) in [6, 6.07) is 23.1. The van der Waals surface area contributed by atoms with E-state index in [1.165, 1.54) is 23.8 Å². The largest absolute Gasteiger partial charge is 0.497 e. The van der Waals surface area contributed by atoms with E-state index in [1.54, 1.807) is 30.3 Å². The Morgan fingerprint density at radius 3 is 2.03 bits per heavy atom. The van der Waals surface area contributed by atoms with Gasteiger partial charge in [0.15, 0.2) is 5.78 Å². The van der Waals surface area contributed by atoms with Crippen molar-refractivity contribution in [2.75, 3.05) is 27.3 Å². The predicted octanol–water partition coefficient (Wildman–Crippen LogP) is 4.83. The number of hydrogen-bond donors (Lipinski definition) is 1. The number of Topliss-reactive ketones (excluding diaryl/α,β-unsaturated/α-hetero) is 1. The zero-order chi connectivity index (χ0) is 27.2. The van der Waals surface area contributed by atoms with E-state index in [2.05, 4.69) is 5.10 Å². The summed E-state index contributed by atoms with van der Waals surface area (Å²) in [6.07, 6.45) is 0. The number of aromatic amines is 1. The molecule has 4 rings (SSSR count). The minimum Gasteiger partial charge on any atom is -0.497 e. The molecule has 0 saturated carbocycles. The molecule has 1 amide bonds. The van der Waals surface area contributed by atoms with Crippen LogP contribution in [-0.2, 0) is 0 Å². The van der Waals surface area contributed by atoms with Crippen molar-refractivity contribution in [3.8, 4) is 28.4 Å². The van der Waals surface area contributed by atoms with Crippen LogP contribution in [0.25, 0.3) is 16.9 Å². The lowest BCUT2D eigenvalue weighted by Crippen LogP contribution is -2.39. The van der Waals surface area contributed by atoms with E-state index in [4.69, 9.17) is 9.47 Å². The Kier molecular flexibility index (Phi) is 8.11. The van der Waals surface area contributed by atoms with Crippen molar-refractivity contribution < 1.29 is 19.1 Å². The van der Waals surface area contributed by atoms with Gasteiger partial charge in [0.1, 0.15) is 17.1 Å². The van der Waals surface area contributed by atoms with Gasteiger partial charge < -0.3 is 14.4 Å². The standard InChI is InChI=1S/C30H31N3O5/c1-20(2)18-32(29(35)22-15-24(37-3)17-25(16-22)38-4)19-26(34)27-28(21-11-7-5-8-12-21)31-33(30(27)36)23-13-9-6-10-14-23/h5-17,20,31H,18-19H2,1-4H3. The molecule has 1 heterocycles. The molecule has 0 fully saturated rings. The fraction of sp³-hybridized carbons (Fsp3) is 0.233. The van der Waals surface area contributed by atoms with Gasteiger partial charge in [-0.25, -0.2) is 4.68 Å². The molecule has 0 aliphatic rings. The number of aromatic nitrogens is 2. The normalized spacial score (nSPS) is 10.9. The monoisotopic (exact) mass is 513 g/mol. The minimum absolute atomic E-state index is 0.00447. The zero-order valence-corrected chi connectivity index (χ0v) is 21.9. The van der Waals surface area contributed by atoms with Crippen LogP contribution in [0.4, 0.5) is 0 Å². The molecule has 0 saturated heterocycles. The van der Waals surface area contributed by atoms with E-state index in [9.17, 15) is 14.4 Å². The number of hydrogen-bond acceptors (Lipinski definition) is 5. The SMILES string of the molecule is COc1cc(OC)cc(C(=O)N(CC(=O)c2c(-c3ccccc3)[nH]n(-c3ccccc3)c2=O)CC(C)C)c1. The number of ketones is 1. The second kappa shape index (κ2) is 11.6. The highest BCUT2D eigenvalue weighted by Crippen LogP contribution is 2.25. The quantitative estimate of drug-likeness (QED) is 0.307. The molecule has 8 nitrogen and oxygen atoms in total. The molecule has 3 aromatic carbocycles. The number of rotatable bonds is 10. The van der Waals surface area contributed by atoms with Crippen LogP contribution in [0, 0.1) is 5.92 Å². The molecule has 4 aromatic rings. The maximum absolute atomic E-state index is 13.8. The molecule has 0 bridgehead atoms. The maximum Gasteiger partial charge on any atom is 0.282 e. The van der Waals surface area contributed by atoms with E-state index >= 15 is 0 Å². The molecule has 0 atom stereocenters. The average molecular weight is 514 g/mol. The fourth-order valence-corrected chi connectivity index (χ4v) is 4.29. The molecule has 1 aromatic heterocycles. The van der Waals surface area contributed by atoms with Crippen molar-refractivity contribution in [2.45, 2.75) is 13.8 Å². The Hall–Kier alpha value is -4.59. The van der Waals surface area contributed by atoms with Crippen molar-refractivity contribution in [3.63, 3.8) is 0 Å². The van der Waals surface area contributed by atoms with Gasteiger partial charge in [0, 0.05) is 23.7 Å². The highest BCUT2D eigenvalue weighted by Gasteiger charge is 2.27. The van der Waals surface area contributed by atoms with Crippen LogP contribution >= 0.6 is 0 Å². The Balaban J connectivity index is 1.76. The van der Waals surface area contributed by atoms with E-state index in [-0.39, 0.29) is 23.9 Å². The summed E-state index contributed by atoms with van der Waals surface area (Å²) >= 11 is 0. The molecular formula is C30H31N3O5. The molecule has 0 spiro atoms. The number of carbonyl (C=O) groups is 2. The zero-order valence-electron chi connectivity index (χ0n) is 21.9. The van der Waals surface area contributed by atoms with Crippen molar-refractivity contribution in [2.24, 2.45) is 5.92 Å². The summed E-state index contributed by atoms with van der Waals surface area (Å²) in [5.41, 5.74) is 1.57. The molecular weight excluding hydrogens is 482 g/mol. The molecule has 1 N–H and O–H groups in total. The number of para-hydroxylation sites is 1. The topological polar surface area (TPSA) is 93.6 Å². The smallest absolute Gasteiger partial charge is 0.282 e. The third kappa shape index (κ3) is 5.70. The number of ether oxygens (including phenoxy) is 2. The van der Waals surface area contributed by atoms with Crippen molar-refractivity contribution >= 4 is 11.7 Å². The lowest BCUT2D eigenvalue weighted by molar-refractivity contribution is 0.0690. The number of nitrogens with one attached hydrogen (secondary N) is 1. The first-order chi connectivity index (χ1) is 18.3. The Morgan fingerprint density at radius 2 is 1.47 bits per heavy atom. The Morgan fingerprint density at radius 1 is 0.895 bits per heavy atom. The van der Waals surface area contributed by atoms with Gasteiger partial charge in [0.2, 0.25) is 0 Å². The number of carbonyl (C=O) groups excluding carboxylic acids is 2. The van der Waals surface area contributed by atoms with Gasteiger partial charge in [-0.1, -0.05) is 62.4 Å². The van der Waals surface area contributed by atoms with Gasteiger partial charge in [-0.15, -0.1) is 0 Å². The van der Waals surface area contributed by atoms with Gasteiger partial charge >= 0.3 is 0 Å². The number of nitrogens with zero attached hydrogens (tertiary/aromatic N) is 2. The second-order valence-corrected chi connectivity index (χ2v) is 9.31. The van der Waals surface area contributed by atoms with Crippen LogP contribution in [0.15, 0.2) is 83.7 Å². The first-order valence-electron chi connectivity index (χ1n) is 12.3. The van der Waals surface area contributed by atoms with Gasteiger partial charge in [-0.3, -0.25) is 19.5 Å². The second-order valence-electron chi connectivity index (χ2n) is 9.31. The molecule has 0 aliphatic heterocycles. The van der Waals surface area contributed by atoms with Crippen LogP contribution in [-0.4, -0.2) is 53.7 Å². The Labute approximate surface area is 221 Å². The van der Waals surface area contributed by atoms with Crippen LogP contribution < -0.4 is 15.0 Å². The third-order valence-electron chi connectivity index (χ3n) is 6.05. The predicted molar refractivity (Wildman–Crippen MR) is 146 cm³/mol. The van der Waals surface area contributed by atoms with Crippen LogP contribution in [0.2, 0.25) is 0 Å². The van der Waals surface area contributed by atoms with Gasteiger partial charge in [-0.2, -0.15) is 0 Å². The fourth-order valence-electron chi connectivity index (χ4n) is 4.29. The molecule has 0 aliphatic carbocycles. The van der Waals surface area contributed by atoms with Gasteiger partial charge in [-0.05, 0) is 30.2 Å². The molecule has 0 unspecified atom stereocenters.